The van der Waals surface area contributed by atoms with Gasteiger partial charge in [0.25, 0.3) is 11.8 Å². The molecular weight excluding hydrogens is 390 g/mol. The minimum absolute atomic E-state index is 0.101. The SMILES string of the molecule is COc1ccccc1NC1=C(c2ccc(C)cc2C)C(=O)N(Cc2ccccn2)C1=O. The predicted molar refractivity (Wildman–Crippen MR) is 119 cm³/mol. The number of nitrogens with zero attached hydrogens (tertiary/aromatic N) is 2. The number of carbonyl (C=O) groups is 2. The van der Waals surface area contributed by atoms with E-state index in [2.05, 4.69) is 10.3 Å². The van der Waals surface area contributed by atoms with Crippen LogP contribution in [0.3, 0.4) is 0 Å². The second-order valence-electron chi connectivity index (χ2n) is 7.41. The molecule has 1 N–H and O–H groups in total. The van der Waals surface area contributed by atoms with Crippen molar-refractivity contribution >= 4 is 23.1 Å². The number of pyridine rings is 1. The molecule has 1 aromatic heterocycles. The molecule has 2 aromatic carbocycles. The van der Waals surface area contributed by atoms with Gasteiger partial charge in [0.2, 0.25) is 0 Å². The van der Waals surface area contributed by atoms with Crippen LogP contribution in [0.25, 0.3) is 5.57 Å². The van der Waals surface area contributed by atoms with E-state index in [1.165, 1.54) is 4.90 Å². The van der Waals surface area contributed by atoms with Gasteiger partial charge < -0.3 is 10.1 Å². The van der Waals surface area contributed by atoms with Gasteiger partial charge in [-0.3, -0.25) is 19.5 Å². The fraction of sp³-hybridized carbons (Fsp3) is 0.160. The molecule has 31 heavy (non-hydrogen) atoms. The van der Waals surface area contributed by atoms with Gasteiger partial charge in [0.05, 0.1) is 30.6 Å². The van der Waals surface area contributed by atoms with E-state index in [4.69, 9.17) is 4.74 Å². The van der Waals surface area contributed by atoms with Crippen LogP contribution in [0.5, 0.6) is 5.75 Å². The summed E-state index contributed by atoms with van der Waals surface area (Å²) in [5.41, 5.74) is 4.58. The van der Waals surface area contributed by atoms with Crippen LogP contribution in [0.1, 0.15) is 22.4 Å². The van der Waals surface area contributed by atoms with E-state index in [0.29, 0.717) is 22.7 Å². The molecule has 0 radical (unpaired) electrons. The Kier molecular flexibility index (Phi) is 5.54. The number of amides is 2. The molecule has 0 spiro atoms. The maximum atomic E-state index is 13.5. The lowest BCUT2D eigenvalue weighted by Gasteiger charge is -2.15. The van der Waals surface area contributed by atoms with Crippen molar-refractivity contribution in [2.75, 3.05) is 12.4 Å². The minimum Gasteiger partial charge on any atom is -0.495 e. The highest BCUT2D eigenvalue weighted by Gasteiger charge is 2.40. The average Bonchev–Trinajstić information content (AvgIpc) is 2.99. The van der Waals surface area contributed by atoms with Crippen LogP contribution in [0, 0.1) is 13.8 Å². The number of imide groups is 1. The standard InChI is InChI=1S/C25H23N3O3/c1-16-11-12-19(17(2)14-16)22-23(27-20-9-4-5-10-21(20)31-3)25(30)28(24(22)29)15-18-8-6-7-13-26-18/h4-14,27H,15H2,1-3H3. The molecule has 0 unspecified atom stereocenters. The number of hydrogen-bond acceptors (Lipinski definition) is 5. The molecule has 0 bridgehead atoms. The van der Waals surface area contributed by atoms with E-state index >= 15 is 0 Å². The van der Waals surface area contributed by atoms with E-state index in [1.54, 1.807) is 31.5 Å². The number of hydrogen-bond donors (Lipinski definition) is 1. The lowest BCUT2D eigenvalue weighted by molar-refractivity contribution is -0.137. The van der Waals surface area contributed by atoms with Crippen LogP contribution in [0.4, 0.5) is 5.69 Å². The van der Waals surface area contributed by atoms with Crippen molar-refractivity contribution < 1.29 is 14.3 Å². The van der Waals surface area contributed by atoms with Crippen molar-refractivity contribution in [3.8, 4) is 5.75 Å². The van der Waals surface area contributed by atoms with Gasteiger partial charge in [0.15, 0.2) is 0 Å². The summed E-state index contributed by atoms with van der Waals surface area (Å²) in [5, 5.41) is 3.17. The van der Waals surface area contributed by atoms with Crippen molar-refractivity contribution in [1.82, 2.24) is 9.88 Å². The number of methoxy groups -OCH3 is 1. The van der Waals surface area contributed by atoms with Gasteiger partial charge >= 0.3 is 0 Å². The molecule has 156 valence electrons. The summed E-state index contributed by atoms with van der Waals surface area (Å²) in [4.78, 5) is 32.4. The number of benzene rings is 2. The van der Waals surface area contributed by atoms with E-state index < -0.39 is 5.91 Å². The van der Waals surface area contributed by atoms with E-state index in [9.17, 15) is 9.59 Å². The Bertz CT molecular complexity index is 1190. The molecule has 0 fully saturated rings. The molecule has 2 heterocycles. The summed E-state index contributed by atoms with van der Waals surface area (Å²) in [6.07, 6.45) is 1.65. The number of rotatable bonds is 6. The van der Waals surface area contributed by atoms with E-state index in [0.717, 1.165) is 16.7 Å². The third-order valence-electron chi connectivity index (χ3n) is 5.23. The summed E-state index contributed by atoms with van der Waals surface area (Å²) in [5.74, 6) is -0.157. The predicted octanol–water partition coefficient (Wildman–Crippen LogP) is 4.10. The quantitative estimate of drug-likeness (QED) is 0.616. The first-order valence-electron chi connectivity index (χ1n) is 9.97. The number of carbonyl (C=O) groups excluding carboxylic acids is 2. The van der Waals surface area contributed by atoms with E-state index in [1.807, 2.05) is 56.3 Å². The van der Waals surface area contributed by atoms with Crippen molar-refractivity contribution in [2.45, 2.75) is 20.4 Å². The van der Waals surface area contributed by atoms with Gasteiger partial charge in [-0.25, -0.2) is 0 Å². The molecule has 4 rings (SSSR count). The second-order valence-corrected chi connectivity index (χ2v) is 7.41. The van der Waals surface area contributed by atoms with Gasteiger partial charge in [-0.05, 0) is 49.2 Å². The lowest BCUT2D eigenvalue weighted by Crippen LogP contribution is -2.32. The Morgan fingerprint density at radius 1 is 0.968 bits per heavy atom. The number of ether oxygens (including phenoxy) is 1. The maximum Gasteiger partial charge on any atom is 0.278 e. The summed E-state index contributed by atoms with van der Waals surface area (Å²) >= 11 is 0. The molecule has 0 aliphatic carbocycles. The first-order valence-corrected chi connectivity index (χ1v) is 9.97. The zero-order chi connectivity index (χ0) is 22.0. The van der Waals surface area contributed by atoms with Gasteiger partial charge in [-0.15, -0.1) is 0 Å². The highest BCUT2D eigenvalue weighted by atomic mass is 16.5. The fourth-order valence-corrected chi connectivity index (χ4v) is 3.72. The molecule has 6 nitrogen and oxygen atoms in total. The molecule has 1 aliphatic heterocycles. The summed E-state index contributed by atoms with van der Waals surface area (Å²) in [7, 11) is 1.56. The molecule has 1 aliphatic rings. The number of anilines is 1. The maximum absolute atomic E-state index is 13.5. The Balaban J connectivity index is 1.80. The number of nitrogens with one attached hydrogen (secondary N) is 1. The zero-order valence-electron chi connectivity index (χ0n) is 17.7. The Morgan fingerprint density at radius 2 is 1.74 bits per heavy atom. The van der Waals surface area contributed by atoms with Gasteiger partial charge in [-0.1, -0.05) is 42.0 Å². The Morgan fingerprint density at radius 3 is 2.45 bits per heavy atom. The molecule has 2 amide bonds. The van der Waals surface area contributed by atoms with E-state index in [-0.39, 0.29) is 18.1 Å². The monoisotopic (exact) mass is 413 g/mol. The summed E-state index contributed by atoms with van der Waals surface area (Å²) < 4.78 is 5.42. The largest absolute Gasteiger partial charge is 0.495 e. The molecule has 0 atom stereocenters. The van der Waals surface area contributed by atoms with Crippen molar-refractivity contribution in [3.63, 3.8) is 0 Å². The van der Waals surface area contributed by atoms with Crippen molar-refractivity contribution in [1.29, 1.82) is 0 Å². The molecule has 0 saturated carbocycles. The number of aromatic nitrogens is 1. The van der Waals surface area contributed by atoms with Crippen LogP contribution in [-0.4, -0.2) is 28.8 Å². The van der Waals surface area contributed by atoms with Crippen LogP contribution in [0.15, 0.2) is 72.6 Å². The molecule has 6 heteroatoms. The smallest absolute Gasteiger partial charge is 0.278 e. The van der Waals surface area contributed by atoms with Crippen LogP contribution >= 0.6 is 0 Å². The highest BCUT2D eigenvalue weighted by molar-refractivity contribution is 6.36. The second kappa shape index (κ2) is 8.44. The van der Waals surface area contributed by atoms with Crippen LogP contribution < -0.4 is 10.1 Å². The topological polar surface area (TPSA) is 71.5 Å². The number of aryl methyl sites for hydroxylation is 2. The van der Waals surface area contributed by atoms with Gasteiger partial charge in [0, 0.05) is 6.20 Å². The Labute approximate surface area is 181 Å². The third kappa shape index (κ3) is 3.92. The number of para-hydroxylation sites is 2. The average molecular weight is 413 g/mol. The highest BCUT2D eigenvalue weighted by Crippen LogP contribution is 2.35. The van der Waals surface area contributed by atoms with Crippen molar-refractivity contribution in [2.24, 2.45) is 0 Å². The molecular formula is C25H23N3O3. The zero-order valence-corrected chi connectivity index (χ0v) is 17.7. The summed E-state index contributed by atoms with van der Waals surface area (Å²) in [6.45, 7) is 4.04. The van der Waals surface area contributed by atoms with Crippen LogP contribution in [-0.2, 0) is 16.1 Å². The minimum atomic E-state index is -0.392. The lowest BCUT2D eigenvalue weighted by atomic mass is 9.97. The molecule has 3 aromatic rings. The normalized spacial score (nSPS) is 13.7. The first kappa shape index (κ1) is 20.3. The summed E-state index contributed by atoms with van der Waals surface area (Å²) in [6, 6.07) is 18.6. The first-order chi connectivity index (χ1) is 15.0. The third-order valence-corrected chi connectivity index (χ3v) is 5.23. The van der Waals surface area contributed by atoms with Crippen LogP contribution in [0.2, 0.25) is 0 Å². The van der Waals surface area contributed by atoms with Crippen molar-refractivity contribution in [3.05, 3.63) is 94.9 Å². The van der Waals surface area contributed by atoms with Gasteiger partial charge in [0.1, 0.15) is 11.4 Å². The Hall–Kier alpha value is -3.93. The fourth-order valence-electron chi connectivity index (χ4n) is 3.72. The molecule has 0 saturated heterocycles. The van der Waals surface area contributed by atoms with Gasteiger partial charge in [-0.2, -0.15) is 0 Å².